The van der Waals surface area contributed by atoms with Gasteiger partial charge in [-0.15, -0.1) is 0 Å². The lowest BCUT2D eigenvalue weighted by atomic mass is 9.92. The molecule has 31 heavy (non-hydrogen) atoms. The predicted octanol–water partition coefficient (Wildman–Crippen LogP) is 2.90. The number of H-pyrrole nitrogens is 1. The molecule has 0 saturated heterocycles. The first kappa shape index (κ1) is 20.1. The van der Waals surface area contributed by atoms with Crippen molar-refractivity contribution in [1.29, 1.82) is 0 Å². The van der Waals surface area contributed by atoms with Gasteiger partial charge in [-0.3, -0.25) is 19.4 Å². The fraction of sp³-hybridized carbons (Fsp3) is 0.182. The van der Waals surface area contributed by atoms with Crippen molar-refractivity contribution in [2.24, 2.45) is 0 Å². The Labute approximate surface area is 177 Å². The van der Waals surface area contributed by atoms with E-state index in [2.05, 4.69) is 25.9 Å². The Morgan fingerprint density at radius 1 is 1.16 bits per heavy atom. The minimum atomic E-state index is -0.976. The maximum absolute atomic E-state index is 13.0. The van der Waals surface area contributed by atoms with Gasteiger partial charge in [0.05, 0.1) is 18.6 Å². The van der Waals surface area contributed by atoms with Crippen LogP contribution in [-0.4, -0.2) is 28.9 Å². The Morgan fingerprint density at radius 3 is 2.68 bits per heavy atom. The number of nitrogens with zero attached hydrogens (tertiary/aromatic N) is 1. The second-order valence-corrected chi connectivity index (χ2v) is 7.14. The number of methoxy groups -OCH3 is 1. The van der Waals surface area contributed by atoms with E-state index in [0.717, 1.165) is 11.3 Å². The lowest BCUT2D eigenvalue weighted by Crippen LogP contribution is -2.36. The Hall–Kier alpha value is -4.14. The van der Waals surface area contributed by atoms with Crippen LogP contribution in [0, 0.1) is 6.92 Å². The number of amides is 2. The average Bonchev–Trinajstić information content (AvgIpc) is 2.75. The van der Waals surface area contributed by atoms with Gasteiger partial charge in [0.1, 0.15) is 11.6 Å². The second-order valence-electron chi connectivity index (χ2n) is 7.14. The molecule has 9 nitrogen and oxygen atoms in total. The van der Waals surface area contributed by atoms with Crippen LogP contribution in [0.25, 0.3) is 0 Å². The van der Waals surface area contributed by atoms with Gasteiger partial charge in [0.25, 0.3) is 5.56 Å². The van der Waals surface area contributed by atoms with Crippen molar-refractivity contribution in [3.8, 4) is 5.75 Å². The van der Waals surface area contributed by atoms with Crippen molar-refractivity contribution in [2.45, 2.75) is 19.3 Å². The number of nitrogens with one attached hydrogen (secondary N) is 4. The highest BCUT2D eigenvalue weighted by atomic mass is 16.5. The van der Waals surface area contributed by atoms with E-state index in [1.165, 1.54) is 7.11 Å². The molecule has 1 aliphatic rings. The van der Waals surface area contributed by atoms with Gasteiger partial charge in [-0.2, -0.15) is 4.98 Å². The monoisotopic (exact) mass is 419 g/mol. The molecule has 1 aromatic heterocycles. The molecule has 2 amide bonds. The average molecular weight is 419 g/mol. The third kappa shape index (κ3) is 4.25. The zero-order chi connectivity index (χ0) is 22.0. The number of rotatable bonds is 5. The van der Waals surface area contributed by atoms with E-state index >= 15 is 0 Å². The number of fused-ring (bicyclic) bond motifs is 1. The minimum absolute atomic E-state index is 0.0703. The SMILES string of the molecule is COc1ccc(C)c(NC(=O)C2CC(=O)Nc3nc(Nc4ccccc4)[nH]c(=O)c32)c1. The summed E-state index contributed by atoms with van der Waals surface area (Å²) in [5.41, 5.74) is 1.71. The molecule has 4 rings (SSSR count). The summed E-state index contributed by atoms with van der Waals surface area (Å²) in [5, 5.41) is 8.38. The summed E-state index contributed by atoms with van der Waals surface area (Å²) in [6, 6.07) is 14.4. The summed E-state index contributed by atoms with van der Waals surface area (Å²) in [5.74, 6) is -1.02. The van der Waals surface area contributed by atoms with Crippen LogP contribution in [-0.2, 0) is 9.59 Å². The first-order valence-electron chi connectivity index (χ1n) is 9.66. The number of carbonyl (C=O) groups is 2. The maximum Gasteiger partial charge on any atom is 0.258 e. The standard InChI is InChI=1S/C22H21N5O4/c1-12-8-9-14(31-2)10-16(12)24-20(29)15-11-17(28)25-19-18(15)21(30)27-22(26-19)23-13-6-4-3-5-7-13/h3-10,15H,11H2,1-2H3,(H,24,29)(H3,23,25,26,27,28,30). The number of benzene rings is 2. The number of anilines is 4. The largest absolute Gasteiger partial charge is 0.497 e. The van der Waals surface area contributed by atoms with Crippen molar-refractivity contribution < 1.29 is 14.3 Å². The van der Waals surface area contributed by atoms with Crippen molar-refractivity contribution in [2.75, 3.05) is 23.1 Å². The summed E-state index contributed by atoms with van der Waals surface area (Å²) in [7, 11) is 1.53. The van der Waals surface area contributed by atoms with Crippen molar-refractivity contribution >= 4 is 35.0 Å². The number of aromatic amines is 1. The van der Waals surface area contributed by atoms with Crippen molar-refractivity contribution in [3.05, 3.63) is 70.0 Å². The number of aromatic nitrogens is 2. The maximum atomic E-state index is 13.0. The Balaban J connectivity index is 1.65. The topological polar surface area (TPSA) is 125 Å². The predicted molar refractivity (Wildman–Crippen MR) is 117 cm³/mol. The fourth-order valence-electron chi connectivity index (χ4n) is 3.40. The molecule has 0 fully saturated rings. The van der Waals surface area contributed by atoms with Crippen LogP contribution in [0.4, 0.5) is 23.1 Å². The number of para-hydroxylation sites is 1. The molecule has 2 aromatic carbocycles. The second kappa shape index (κ2) is 8.31. The van der Waals surface area contributed by atoms with Gasteiger partial charge in [-0.1, -0.05) is 24.3 Å². The van der Waals surface area contributed by atoms with Crippen molar-refractivity contribution in [3.63, 3.8) is 0 Å². The van der Waals surface area contributed by atoms with Crippen LogP contribution in [0.1, 0.15) is 23.5 Å². The van der Waals surface area contributed by atoms with Crippen LogP contribution in [0.2, 0.25) is 0 Å². The molecule has 0 radical (unpaired) electrons. The van der Waals surface area contributed by atoms with Gasteiger partial charge in [-0.25, -0.2) is 0 Å². The molecular formula is C22H21N5O4. The lowest BCUT2D eigenvalue weighted by Gasteiger charge is -2.24. The highest BCUT2D eigenvalue weighted by molar-refractivity contribution is 6.04. The summed E-state index contributed by atoms with van der Waals surface area (Å²) < 4.78 is 5.20. The molecule has 1 atom stereocenters. The van der Waals surface area contributed by atoms with E-state index in [9.17, 15) is 14.4 Å². The van der Waals surface area contributed by atoms with Gasteiger partial charge in [0.15, 0.2) is 0 Å². The molecule has 0 saturated carbocycles. The van der Waals surface area contributed by atoms with E-state index < -0.39 is 23.3 Å². The third-order valence-corrected chi connectivity index (χ3v) is 5.01. The molecule has 1 unspecified atom stereocenters. The minimum Gasteiger partial charge on any atom is -0.497 e. The lowest BCUT2D eigenvalue weighted by molar-refractivity contribution is -0.123. The number of hydrogen-bond donors (Lipinski definition) is 4. The van der Waals surface area contributed by atoms with Crippen LogP contribution in [0.3, 0.4) is 0 Å². The molecule has 0 bridgehead atoms. The van der Waals surface area contributed by atoms with E-state index in [1.807, 2.05) is 43.3 Å². The highest BCUT2D eigenvalue weighted by Crippen LogP contribution is 2.31. The fourth-order valence-corrected chi connectivity index (χ4v) is 3.40. The molecule has 4 N–H and O–H groups in total. The van der Waals surface area contributed by atoms with Crippen molar-refractivity contribution in [1.82, 2.24) is 9.97 Å². The molecular weight excluding hydrogens is 398 g/mol. The molecule has 0 spiro atoms. The molecule has 0 aliphatic carbocycles. The summed E-state index contributed by atoms with van der Waals surface area (Å²) in [4.78, 5) is 45.1. The van der Waals surface area contributed by atoms with Crippen LogP contribution < -0.4 is 26.2 Å². The number of ether oxygens (including phenoxy) is 1. The van der Waals surface area contributed by atoms with Gasteiger partial charge in [0, 0.05) is 23.9 Å². The Kier molecular flexibility index (Phi) is 5.40. The summed E-state index contributed by atoms with van der Waals surface area (Å²) in [6.45, 7) is 1.84. The number of carbonyl (C=O) groups excluding carboxylic acids is 2. The van der Waals surface area contributed by atoms with Crippen LogP contribution >= 0.6 is 0 Å². The Bertz CT molecular complexity index is 1210. The zero-order valence-electron chi connectivity index (χ0n) is 17.0. The summed E-state index contributed by atoms with van der Waals surface area (Å²) in [6.07, 6.45) is -0.155. The van der Waals surface area contributed by atoms with Gasteiger partial charge in [0.2, 0.25) is 17.8 Å². The Morgan fingerprint density at radius 2 is 1.94 bits per heavy atom. The van der Waals surface area contributed by atoms with Gasteiger partial charge >= 0.3 is 0 Å². The third-order valence-electron chi connectivity index (χ3n) is 5.01. The molecule has 2 heterocycles. The first-order valence-corrected chi connectivity index (χ1v) is 9.66. The van der Waals surface area contributed by atoms with E-state index in [-0.39, 0.29) is 23.8 Å². The molecule has 9 heteroatoms. The number of aryl methyl sites for hydroxylation is 1. The molecule has 3 aromatic rings. The molecule has 158 valence electrons. The van der Waals surface area contributed by atoms with Crippen LogP contribution in [0.15, 0.2) is 53.3 Å². The van der Waals surface area contributed by atoms with Crippen LogP contribution in [0.5, 0.6) is 5.75 Å². The smallest absolute Gasteiger partial charge is 0.258 e. The van der Waals surface area contributed by atoms with Gasteiger partial charge in [-0.05, 0) is 30.7 Å². The summed E-state index contributed by atoms with van der Waals surface area (Å²) >= 11 is 0. The number of hydrogen-bond acceptors (Lipinski definition) is 6. The quantitative estimate of drug-likeness (QED) is 0.504. The first-order chi connectivity index (χ1) is 14.9. The van der Waals surface area contributed by atoms with E-state index in [1.54, 1.807) is 12.1 Å². The van der Waals surface area contributed by atoms with E-state index in [4.69, 9.17) is 4.74 Å². The molecule has 1 aliphatic heterocycles. The zero-order valence-corrected chi connectivity index (χ0v) is 17.0. The van der Waals surface area contributed by atoms with Gasteiger partial charge < -0.3 is 20.7 Å². The normalized spacial score (nSPS) is 14.9. The highest BCUT2D eigenvalue weighted by Gasteiger charge is 2.35. The van der Waals surface area contributed by atoms with E-state index in [0.29, 0.717) is 11.4 Å².